The van der Waals surface area contributed by atoms with Crippen LogP contribution >= 0.6 is 0 Å². The zero-order valence-electron chi connectivity index (χ0n) is 18.5. The molecule has 1 aliphatic rings. The van der Waals surface area contributed by atoms with Crippen molar-refractivity contribution in [2.75, 3.05) is 25.0 Å². The molecule has 2 aromatic carbocycles. The molecule has 178 valence electrons. The molecule has 0 saturated carbocycles. The Morgan fingerprint density at radius 1 is 1.12 bits per heavy atom. The van der Waals surface area contributed by atoms with Crippen molar-refractivity contribution in [3.05, 3.63) is 60.4 Å². The smallest absolute Gasteiger partial charge is 0.338 e. The molecule has 1 aliphatic heterocycles. The normalized spacial score (nSPS) is 16.7. The number of aromatic nitrogens is 4. The number of rotatable bonds is 7. The van der Waals surface area contributed by atoms with Gasteiger partial charge in [-0.05, 0) is 78.7 Å². The standard InChI is InChI=1S/C22H24N6O5S/c1-2-33-22(30)16-5-7-18(8-6-16)24-21(29)17-4-3-13-27(14-17)34(31,32)20-11-9-19(10-12-20)28-15-23-25-26-28/h5-12,15,17H,2-4,13-14H2,1H3,(H,24,29). The van der Waals surface area contributed by atoms with Gasteiger partial charge in [0.2, 0.25) is 15.9 Å². The summed E-state index contributed by atoms with van der Waals surface area (Å²) in [5, 5.41) is 13.7. The van der Waals surface area contributed by atoms with Gasteiger partial charge in [0.1, 0.15) is 6.33 Å². The van der Waals surface area contributed by atoms with Crippen molar-refractivity contribution >= 4 is 27.6 Å². The number of hydrogen-bond acceptors (Lipinski definition) is 8. The number of amides is 1. The molecule has 2 heterocycles. The van der Waals surface area contributed by atoms with Crippen molar-refractivity contribution in [3.8, 4) is 5.69 Å². The molecule has 0 radical (unpaired) electrons. The predicted molar refractivity (Wildman–Crippen MR) is 122 cm³/mol. The summed E-state index contributed by atoms with van der Waals surface area (Å²) in [7, 11) is -3.77. The monoisotopic (exact) mass is 484 g/mol. The minimum Gasteiger partial charge on any atom is -0.462 e. The second-order valence-electron chi connectivity index (χ2n) is 7.74. The van der Waals surface area contributed by atoms with Gasteiger partial charge < -0.3 is 10.1 Å². The number of sulfonamides is 1. The van der Waals surface area contributed by atoms with Crippen molar-refractivity contribution < 1.29 is 22.7 Å². The van der Waals surface area contributed by atoms with E-state index in [0.29, 0.717) is 36.3 Å². The zero-order chi connectivity index (χ0) is 24.1. The van der Waals surface area contributed by atoms with Crippen LogP contribution in [0.2, 0.25) is 0 Å². The second-order valence-corrected chi connectivity index (χ2v) is 9.68. The van der Waals surface area contributed by atoms with E-state index < -0.39 is 21.9 Å². The number of benzene rings is 2. The highest BCUT2D eigenvalue weighted by atomic mass is 32.2. The van der Waals surface area contributed by atoms with Crippen LogP contribution in [0.15, 0.2) is 59.8 Å². The number of piperidine rings is 1. The first-order valence-corrected chi connectivity index (χ1v) is 12.2. The van der Waals surface area contributed by atoms with Crippen molar-refractivity contribution in [2.24, 2.45) is 5.92 Å². The van der Waals surface area contributed by atoms with Crippen molar-refractivity contribution in [3.63, 3.8) is 0 Å². The van der Waals surface area contributed by atoms with E-state index in [1.807, 2.05) is 0 Å². The minimum absolute atomic E-state index is 0.0871. The van der Waals surface area contributed by atoms with Gasteiger partial charge in [-0.15, -0.1) is 5.10 Å². The lowest BCUT2D eigenvalue weighted by molar-refractivity contribution is -0.120. The Morgan fingerprint density at radius 2 is 1.85 bits per heavy atom. The number of anilines is 1. The average molecular weight is 485 g/mol. The molecule has 12 heteroatoms. The fraction of sp³-hybridized carbons (Fsp3) is 0.318. The SMILES string of the molecule is CCOC(=O)c1ccc(NC(=O)C2CCCN(S(=O)(=O)c3ccc(-n4cnnn4)cc3)C2)cc1. The number of carbonyl (C=O) groups is 2. The minimum atomic E-state index is -3.77. The van der Waals surface area contributed by atoms with Gasteiger partial charge in [0.15, 0.2) is 0 Å². The van der Waals surface area contributed by atoms with Gasteiger partial charge in [0.25, 0.3) is 0 Å². The van der Waals surface area contributed by atoms with Crippen LogP contribution in [-0.4, -0.2) is 64.5 Å². The van der Waals surface area contributed by atoms with Crippen LogP contribution in [0.3, 0.4) is 0 Å². The summed E-state index contributed by atoms with van der Waals surface area (Å²) >= 11 is 0. The Kier molecular flexibility index (Phi) is 6.98. The van der Waals surface area contributed by atoms with Gasteiger partial charge in [0.05, 0.1) is 28.7 Å². The molecule has 3 aromatic rings. The molecule has 1 saturated heterocycles. The summed E-state index contributed by atoms with van der Waals surface area (Å²) in [6.45, 7) is 2.44. The molecule has 1 aromatic heterocycles. The van der Waals surface area contributed by atoms with Gasteiger partial charge >= 0.3 is 5.97 Å². The van der Waals surface area contributed by atoms with E-state index in [2.05, 4.69) is 20.8 Å². The average Bonchev–Trinajstić information content (AvgIpc) is 3.40. The zero-order valence-corrected chi connectivity index (χ0v) is 19.3. The molecular weight excluding hydrogens is 460 g/mol. The van der Waals surface area contributed by atoms with Gasteiger partial charge in [-0.1, -0.05) is 0 Å². The number of nitrogens with one attached hydrogen (secondary N) is 1. The van der Waals surface area contributed by atoms with Gasteiger partial charge in [0, 0.05) is 18.8 Å². The maximum absolute atomic E-state index is 13.2. The van der Waals surface area contributed by atoms with E-state index in [1.165, 1.54) is 27.4 Å². The number of hydrogen-bond donors (Lipinski definition) is 1. The van der Waals surface area contributed by atoms with Crippen LogP contribution in [-0.2, 0) is 19.6 Å². The van der Waals surface area contributed by atoms with Crippen LogP contribution in [0.1, 0.15) is 30.1 Å². The predicted octanol–water partition coefficient (Wildman–Crippen LogP) is 1.88. The van der Waals surface area contributed by atoms with Crippen molar-refractivity contribution in [1.82, 2.24) is 24.5 Å². The number of nitrogens with zero attached hydrogens (tertiary/aromatic N) is 5. The quantitative estimate of drug-likeness (QED) is 0.502. The molecule has 1 atom stereocenters. The van der Waals surface area contributed by atoms with E-state index in [1.54, 1.807) is 43.3 Å². The van der Waals surface area contributed by atoms with Crippen LogP contribution in [0.25, 0.3) is 5.69 Å². The fourth-order valence-corrected chi connectivity index (χ4v) is 5.25. The van der Waals surface area contributed by atoms with Gasteiger partial charge in [-0.2, -0.15) is 4.31 Å². The van der Waals surface area contributed by atoms with Crippen molar-refractivity contribution in [2.45, 2.75) is 24.7 Å². The van der Waals surface area contributed by atoms with Crippen LogP contribution in [0.5, 0.6) is 0 Å². The van der Waals surface area contributed by atoms with E-state index >= 15 is 0 Å². The van der Waals surface area contributed by atoms with E-state index in [-0.39, 0.29) is 24.0 Å². The van der Waals surface area contributed by atoms with E-state index in [9.17, 15) is 18.0 Å². The Labute approximate surface area is 196 Å². The third kappa shape index (κ3) is 5.13. The first-order chi connectivity index (χ1) is 16.4. The second kappa shape index (κ2) is 10.1. The third-order valence-corrected chi connectivity index (χ3v) is 7.39. The molecule has 0 spiro atoms. The topological polar surface area (TPSA) is 136 Å². The molecule has 0 bridgehead atoms. The molecule has 1 N–H and O–H groups in total. The Balaban J connectivity index is 1.41. The number of ether oxygens (including phenoxy) is 1. The molecule has 1 fully saturated rings. The Morgan fingerprint density at radius 3 is 2.50 bits per heavy atom. The lowest BCUT2D eigenvalue weighted by atomic mass is 9.98. The first kappa shape index (κ1) is 23.5. The maximum atomic E-state index is 13.2. The highest BCUT2D eigenvalue weighted by Gasteiger charge is 2.33. The summed E-state index contributed by atoms with van der Waals surface area (Å²) in [6.07, 6.45) is 2.57. The molecule has 11 nitrogen and oxygen atoms in total. The molecule has 34 heavy (non-hydrogen) atoms. The number of carbonyl (C=O) groups excluding carboxylic acids is 2. The van der Waals surface area contributed by atoms with Crippen molar-refractivity contribution in [1.29, 1.82) is 0 Å². The van der Waals surface area contributed by atoms with Crippen LogP contribution < -0.4 is 5.32 Å². The molecular formula is C22H24N6O5S. The van der Waals surface area contributed by atoms with Gasteiger partial charge in [-0.3, -0.25) is 4.79 Å². The molecule has 1 unspecified atom stereocenters. The largest absolute Gasteiger partial charge is 0.462 e. The van der Waals surface area contributed by atoms with E-state index in [4.69, 9.17) is 4.74 Å². The fourth-order valence-electron chi connectivity index (χ4n) is 3.72. The summed E-state index contributed by atoms with van der Waals surface area (Å²) in [6, 6.07) is 12.6. The summed E-state index contributed by atoms with van der Waals surface area (Å²) in [5.41, 5.74) is 1.55. The molecule has 0 aliphatic carbocycles. The summed E-state index contributed by atoms with van der Waals surface area (Å²) in [5.74, 6) is -1.19. The van der Waals surface area contributed by atoms with Gasteiger partial charge in [-0.25, -0.2) is 17.9 Å². The third-order valence-electron chi connectivity index (χ3n) is 5.51. The number of esters is 1. The lowest BCUT2D eigenvalue weighted by Crippen LogP contribution is -2.43. The lowest BCUT2D eigenvalue weighted by Gasteiger charge is -2.31. The summed E-state index contributed by atoms with van der Waals surface area (Å²) < 4.78 is 34.1. The number of tetrazole rings is 1. The molecule has 4 rings (SSSR count). The summed E-state index contributed by atoms with van der Waals surface area (Å²) in [4.78, 5) is 24.7. The highest BCUT2D eigenvalue weighted by molar-refractivity contribution is 7.89. The molecule has 1 amide bonds. The van der Waals surface area contributed by atoms with Crippen LogP contribution in [0.4, 0.5) is 5.69 Å². The van der Waals surface area contributed by atoms with E-state index in [0.717, 1.165) is 0 Å². The first-order valence-electron chi connectivity index (χ1n) is 10.8. The maximum Gasteiger partial charge on any atom is 0.338 e. The Bertz CT molecular complexity index is 1240. The van der Waals surface area contributed by atoms with Crippen LogP contribution in [0, 0.1) is 5.92 Å². The highest BCUT2D eigenvalue weighted by Crippen LogP contribution is 2.25. The Hall–Kier alpha value is -3.64.